The molecular formula is C16H17FN2O2. The van der Waals surface area contributed by atoms with Gasteiger partial charge in [-0.2, -0.15) is 0 Å². The van der Waals surface area contributed by atoms with Gasteiger partial charge in [0.2, 0.25) is 0 Å². The number of carbonyl (C=O) groups excluding carboxylic acids is 1. The van der Waals surface area contributed by atoms with Gasteiger partial charge >= 0.3 is 0 Å². The molecule has 21 heavy (non-hydrogen) atoms. The van der Waals surface area contributed by atoms with Crippen molar-refractivity contribution in [1.29, 1.82) is 0 Å². The summed E-state index contributed by atoms with van der Waals surface area (Å²) in [6.07, 6.45) is 0.649. The number of halogens is 1. The van der Waals surface area contributed by atoms with Crippen molar-refractivity contribution in [3.05, 3.63) is 59.9 Å². The zero-order valence-corrected chi connectivity index (χ0v) is 11.5. The van der Waals surface area contributed by atoms with Crippen LogP contribution in [0.5, 0.6) is 5.75 Å². The zero-order valence-electron chi connectivity index (χ0n) is 11.5. The molecule has 0 atom stereocenters. The molecule has 0 aliphatic rings. The van der Waals surface area contributed by atoms with Gasteiger partial charge in [-0.25, -0.2) is 4.39 Å². The fraction of sp³-hybridized carbons (Fsp3) is 0.188. The highest BCUT2D eigenvalue weighted by Gasteiger charge is 2.05. The monoisotopic (exact) mass is 288 g/mol. The lowest BCUT2D eigenvalue weighted by atomic mass is 10.2. The predicted octanol–water partition coefficient (Wildman–Crippen LogP) is 2.61. The topological polar surface area (TPSA) is 64.3 Å². The third-order valence-corrected chi connectivity index (χ3v) is 2.82. The molecule has 0 spiro atoms. The van der Waals surface area contributed by atoms with Crippen LogP contribution < -0.4 is 15.8 Å². The van der Waals surface area contributed by atoms with Gasteiger partial charge in [0.1, 0.15) is 11.6 Å². The highest BCUT2D eigenvalue weighted by molar-refractivity contribution is 5.94. The van der Waals surface area contributed by atoms with Gasteiger partial charge in [0, 0.05) is 23.9 Å². The van der Waals surface area contributed by atoms with E-state index in [1.54, 1.807) is 18.2 Å². The van der Waals surface area contributed by atoms with E-state index in [4.69, 9.17) is 10.5 Å². The lowest BCUT2D eigenvalue weighted by Crippen LogP contribution is -2.25. The molecule has 1 amide bonds. The van der Waals surface area contributed by atoms with Crippen LogP contribution in [-0.2, 0) is 0 Å². The molecule has 0 heterocycles. The molecule has 0 aliphatic heterocycles. The van der Waals surface area contributed by atoms with E-state index in [-0.39, 0.29) is 5.91 Å². The van der Waals surface area contributed by atoms with Crippen LogP contribution in [0, 0.1) is 5.82 Å². The van der Waals surface area contributed by atoms with Crippen LogP contribution in [0.2, 0.25) is 0 Å². The average Bonchev–Trinajstić information content (AvgIpc) is 2.47. The molecule has 0 saturated heterocycles. The molecule has 0 bridgehead atoms. The Labute approximate surface area is 122 Å². The second-order valence-corrected chi connectivity index (χ2v) is 4.54. The summed E-state index contributed by atoms with van der Waals surface area (Å²) < 4.78 is 18.5. The number of nitrogens with two attached hydrogens (primary N) is 1. The van der Waals surface area contributed by atoms with E-state index in [1.807, 2.05) is 12.1 Å². The van der Waals surface area contributed by atoms with Gasteiger partial charge < -0.3 is 15.8 Å². The van der Waals surface area contributed by atoms with Crippen molar-refractivity contribution in [2.45, 2.75) is 6.42 Å². The summed E-state index contributed by atoms with van der Waals surface area (Å²) in [6.45, 7) is 0.921. The first-order valence-electron chi connectivity index (χ1n) is 6.67. The minimum absolute atomic E-state index is 0.293. The van der Waals surface area contributed by atoms with Crippen molar-refractivity contribution in [1.82, 2.24) is 5.32 Å². The van der Waals surface area contributed by atoms with E-state index >= 15 is 0 Å². The van der Waals surface area contributed by atoms with Crippen LogP contribution in [0.3, 0.4) is 0 Å². The minimum Gasteiger partial charge on any atom is -0.493 e. The molecule has 0 fully saturated rings. The number of hydrogen-bond acceptors (Lipinski definition) is 3. The third-order valence-electron chi connectivity index (χ3n) is 2.82. The van der Waals surface area contributed by atoms with Gasteiger partial charge in [-0.05, 0) is 36.8 Å². The van der Waals surface area contributed by atoms with Crippen LogP contribution >= 0.6 is 0 Å². The Bertz CT molecular complexity index is 617. The van der Waals surface area contributed by atoms with Gasteiger partial charge in [0.05, 0.1) is 6.61 Å². The van der Waals surface area contributed by atoms with Crippen molar-refractivity contribution in [3.63, 3.8) is 0 Å². The first kappa shape index (κ1) is 14.8. The van der Waals surface area contributed by atoms with Crippen LogP contribution in [0.4, 0.5) is 10.1 Å². The molecule has 110 valence electrons. The van der Waals surface area contributed by atoms with E-state index < -0.39 is 5.82 Å². The van der Waals surface area contributed by atoms with Gasteiger partial charge in [-0.15, -0.1) is 0 Å². The average molecular weight is 288 g/mol. The Kier molecular flexibility index (Phi) is 5.15. The second kappa shape index (κ2) is 7.28. The molecule has 0 unspecified atom stereocenters. The SMILES string of the molecule is Nc1cccc(OCCCNC(=O)c2cccc(F)c2)c1. The number of rotatable bonds is 6. The van der Waals surface area contributed by atoms with Crippen LogP contribution in [-0.4, -0.2) is 19.1 Å². The normalized spacial score (nSPS) is 10.1. The fourth-order valence-corrected chi connectivity index (χ4v) is 1.80. The number of benzene rings is 2. The maximum Gasteiger partial charge on any atom is 0.251 e. The maximum absolute atomic E-state index is 13.0. The Morgan fingerprint density at radius 1 is 1.19 bits per heavy atom. The summed E-state index contributed by atoms with van der Waals surface area (Å²) in [5.74, 6) is -0.0161. The number of carbonyl (C=O) groups is 1. The van der Waals surface area contributed by atoms with Crippen molar-refractivity contribution in [2.24, 2.45) is 0 Å². The van der Waals surface area contributed by atoms with E-state index in [1.165, 1.54) is 18.2 Å². The summed E-state index contributed by atoms with van der Waals surface area (Å²) in [4.78, 5) is 11.7. The Hall–Kier alpha value is -2.56. The highest BCUT2D eigenvalue weighted by atomic mass is 19.1. The van der Waals surface area contributed by atoms with E-state index in [0.717, 1.165) is 0 Å². The standard InChI is InChI=1S/C16H17FN2O2/c17-13-5-1-4-12(10-13)16(20)19-8-3-9-21-15-7-2-6-14(18)11-15/h1-2,4-7,10-11H,3,8-9,18H2,(H,19,20). The number of anilines is 1. The number of nitrogen functional groups attached to an aromatic ring is 1. The quantitative estimate of drug-likeness (QED) is 0.634. The van der Waals surface area contributed by atoms with Crippen molar-refractivity contribution < 1.29 is 13.9 Å². The van der Waals surface area contributed by atoms with Gasteiger partial charge in [-0.1, -0.05) is 12.1 Å². The first-order chi connectivity index (χ1) is 10.1. The molecular weight excluding hydrogens is 271 g/mol. The van der Waals surface area contributed by atoms with E-state index in [0.29, 0.717) is 36.6 Å². The summed E-state index contributed by atoms with van der Waals surface area (Å²) in [7, 11) is 0. The van der Waals surface area contributed by atoms with Gasteiger partial charge in [-0.3, -0.25) is 4.79 Å². The molecule has 2 aromatic rings. The molecule has 5 heteroatoms. The largest absolute Gasteiger partial charge is 0.493 e. The molecule has 0 saturated carbocycles. The lowest BCUT2D eigenvalue weighted by Gasteiger charge is -2.08. The molecule has 0 aromatic heterocycles. The van der Waals surface area contributed by atoms with Crippen molar-refractivity contribution in [3.8, 4) is 5.75 Å². The summed E-state index contributed by atoms with van der Waals surface area (Å²) in [5.41, 5.74) is 6.59. The fourth-order valence-electron chi connectivity index (χ4n) is 1.80. The molecule has 0 aliphatic carbocycles. The first-order valence-corrected chi connectivity index (χ1v) is 6.67. The number of hydrogen-bond donors (Lipinski definition) is 2. The molecule has 2 rings (SSSR count). The molecule has 0 radical (unpaired) electrons. The minimum atomic E-state index is -0.423. The van der Waals surface area contributed by atoms with E-state index in [2.05, 4.69) is 5.32 Å². The summed E-state index contributed by atoms with van der Waals surface area (Å²) in [6, 6.07) is 12.7. The second-order valence-electron chi connectivity index (χ2n) is 4.54. The molecule has 4 nitrogen and oxygen atoms in total. The number of amides is 1. The zero-order chi connectivity index (χ0) is 15.1. The maximum atomic E-state index is 13.0. The smallest absolute Gasteiger partial charge is 0.251 e. The predicted molar refractivity (Wildman–Crippen MR) is 79.7 cm³/mol. The Morgan fingerprint density at radius 3 is 2.76 bits per heavy atom. The van der Waals surface area contributed by atoms with Crippen molar-refractivity contribution >= 4 is 11.6 Å². The number of ether oxygens (including phenoxy) is 1. The third kappa shape index (κ3) is 4.80. The number of nitrogens with one attached hydrogen (secondary N) is 1. The van der Waals surface area contributed by atoms with Gasteiger partial charge in [0.15, 0.2) is 0 Å². The Morgan fingerprint density at radius 2 is 2.00 bits per heavy atom. The van der Waals surface area contributed by atoms with Crippen LogP contribution in [0.25, 0.3) is 0 Å². The van der Waals surface area contributed by atoms with Crippen LogP contribution in [0.1, 0.15) is 16.8 Å². The summed E-state index contributed by atoms with van der Waals surface area (Å²) in [5, 5.41) is 2.71. The highest BCUT2D eigenvalue weighted by Crippen LogP contribution is 2.14. The van der Waals surface area contributed by atoms with Crippen LogP contribution in [0.15, 0.2) is 48.5 Å². The summed E-state index contributed by atoms with van der Waals surface area (Å²) >= 11 is 0. The van der Waals surface area contributed by atoms with Crippen molar-refractivity contribution in [2.75, 3.05) is 18.9 Å². The van der Waals surface area contributed by atoms with Gasteiger partial charge in [0.25, 0.3) is 5.91 Å². The molecule has 3 N–H and O–H groups in total. The Balaban J connectivity index is 1.69. The lowest BCUT2D eigenvalue weighted by molar-refractivity contribution is 0.0951. The molecule has 2 aromatic carbocycles. The van der Waals surface area contributed by atoms with E-state index in [9.17, 15) is 9.18 Å².